The molecule has 0 atom stereocenters. The number of nitro groups is 1. The number of carbonyl (C=O) groups excluding carboxylic acids is 2. The van der Waals surface area contributed by atoms with Crippen LogP contribution >= 0.6 is 0 Å². The van der Waals surface area contributed by atoms with Crippen LogP contribution < -0.4 is 24.7 Å². The monoisotopic (exact) mass is 658 g/mol. The minimum atomic E-state index is -0.865. The fraction of sp³-hybridized carbons (Fsp3) is 0.576. The Kier molecular flexibility index (Phi) is 9.66. The fourth-order valence-corrected chi connectivity index (χ4v) is 5.43. The van der Waals surface area contributed by atoms with Crippen LogP contribution in [0.3, 0.4) is 0 Å². The topological polar surface area (TPSA) is 165 Å². The number of carbonyl (C=O) groups is 2. The quantitative estimate of drug-likeness (QED) is 0.202. The normalized spacial score (nSPS) is 18.5. The zero-order valence-electron chi connectivity index (χ0n) is 27.1. The van der Waals surface area contributed by atoms with Crippen molar-refractivity contribution in [3.63, 3.8) is 0 Å². The third-order valence-corrected chi connectivity index (χ3v) is 7.64. The molecule has 0 aliphatic carbocycles. The molecule has 0 bridgehead atoms. The largest absolute Gasteiger partial charge is 0.448 e. The van der Waals surface area contributed by atoms with Gasteiger partial charge in [-0.1, -0.05) is 7.43 Å². The molecular weight excluding hydrogens is 612 g/mol. The molecule has 14 nitrogen and oxygen atoms in total. The van der Waals surface area contributed by atoms with Crippen molar-refractivity contribution in [2.45, 2.75) is 97.4 Å². The Morgan fingerprint density at radius 2 is 1.11 bits per heavy atom. The lowest BCUT2D eigenvalue weighted by atomic mass is 10.0. The molecule has 0 unspecified atom stereocenters. The van der Waals surface area contributed by atoms with Gasteiger partial charge in [-0.05, 0) is 59.7 Å². The number of hydrogen-bond acceptors (Lipinski definition) is 11. The van der Waals surface area contributed by atoms with Gasteiger partial charge in [0.2, 0.25) is 0 Å². The van der Waals surface area contributed by atoms with E-state index in [2.05, 4.69) is 0 Å². The van der Waals surface area contributed by atoms with Crippen LogP contribution in [0.25, 0.3) is 0 Å². The smallest absolute Gasteiger partial charge is 0.410 e. The second-order valence-electron chi connectivity index (χ2n) is 13.8. The lowest BCUT2D eigenvalue weighted by molar-refractivity contribution is -0.384. The second-order valence-corrected chi connectivity index (χ2v) is 13.8. The molecule has 6 rings (SSSR count). The molecule has 2 spiro atoms. The van der Waals surface area contributed by atoms with Gasteiger partial charge < -0.3 is 44.0 Å². The van der Waals surface area contributed by atoms with Gasteiger partial charge in [0.15, 0.2) is 23.0 Å². The van der Waals surface area contributed by atoms with Gasteiger partial charge in [-0.3, -0.25) is 10.1 Å². The van der Waals surface area contributed by atoms with E-state index in [-0.39, 0.29) is 25.3 Å². The van der Waals surface area contributed by atoms with Gasteiger partial charge in [-0.2, -0.15) is 0 Å². The molecule has 0 aromatic heterocycles. The predicted octanol–water partition coefficient (Wildman–Crippen LogP) is 6.50. The van der Waals surface area contributed by atoms with Gasteiger partial charge in [0.05, 0.1) is 11.0 Å². The number of likely N-dealkylation sites (tertiary alicyclic amines) is 2. The summed E-state index contributed by atoms with van der Waals surface area (Å²) in [5, 5.41) is 10.9. The number of ether oxygens (including phenoxy) is 6. The SMILES string of the molecule is C.CC(C)(C)OC(=O)N1CCC2(CC1)Oc1ccc(N)cc1O2.CC(C)(C)OC(=O)N1CCC2(CC1)Oc1ccc([N+](=O)[O-])cc1O2. The van der Waals surface area contributed by atoms with Crippen LogP contribution in [0.4, 0.5) is 21.0 Å². The number of hydrogen-bond donors (Lipinski definition) is 1. The van der Waals surface area contributed by atoms with Crippen LogP contribution in [0.2, 0.25) is 0 Å². The van der Waals surface area contributed by atoms with Crippen LogP contribution in [0.5, 0.6) is 23.0 Å². The van der Waals surface area contributed by atoms with Gasteiger partial charge in [0.25, 0.3) is 17.3 Å². The molecular formula is C33H46N4O10. The first-order chi connectivity index (χ1) is 21.4. The molecule has 2 N–H and O–H groups in total. The highest BCUT2D eigenvalue weighted by Crippen LogP contribution is 2.46. The third kappa shape index (κ3) is 8.40. The van der Waals surface area contributed by atoms with E-state index >= 15 is 0 Å². The highest BCUT2D eigenvalue weighted by atomic mass is 16.7. The van der Waals surface area contributed by atoms with Crippen molar-refractivity contribution >= 4 is 23.6 Å². The molecule has 2 saturated heterocycles. The summed E-state index contributed by atoms with van der Waals surface area (Å²) in [6.07, 6.45) is 1.48. The number of piperidine rings is 2. The fourth-order valence-electron chi connectivity index (χ4n) is 5.43. The Balaban J connectivity index is 0.000000209. The van der Waals surface area contributed by atoms with E-state index in [1.165, 1.54) is 12.1 Å². The summed E-state index contributed by atoms with van der Waals surface area (Å²) >= 11 is 0. The summed E-state index contributed by atoms with van der Waals surface area (Å²) in [6, 6.07) is 9.67. The van der Waals surface area contributed by atoms with Crippen molar-refractivity contribution in [2.75, 3.05) is 31.9 Å². The Bertz CT molecular complexity index is 1480. The number of anilines is 1. The van der Waals surface area contributed by atoms with Crippen LogP contribution in [0.15, 0.2) is 36.4 Å². The Hall–Kier alpha value is -4.62. The number of nitrogens with zero attached hydrogens (tertiary/aromatic N) is 3. The number of rotatable bonds is 1. The molecule has 4 aliphatic heterocycles. The number of amides is 2. The standard InChI is InChI=1S/C16H20N2O6.C16H22N2O4.CH4/c1-15(2,3)24-14(19)17-8-6-16(7-9-17)22-12-5-4-11(18(20)21)10-13(12)23-16;1-15(2,3)22-14(19)18-8-6-16(7-9-18)20-12-5-4-11(17)10-13(12)21-16;/h4-5,10H,6-9H2,1-3H3;4-5,10H,6-9,17H2,1-3H3;1H4. The van der Waals surface area contributed by atoms with Crippen molar-refractivity contribution in [3.05, 3.63) is 46.5 Å². The summed E-state index contributed by atoms with van der Waals surface area (Å²) in [6.45, 7) is 13.0. The molecule has 47 heavy (non-hydrogen) atoms. The Morgan fingerprint density at radius 1 is 0.723 bits per heavy atom. The number of nitrogen functional groups attached to an aromatic ring is 1. The molecule has 0 saturated carbocycles. The summed E-state index contributed by atoms with van der Waals surface area (Å²) in [5.74, 6) is 0.692. The van der Waals surface area contributed by atoms with Crippen molar-refractivity contribution < 1.29 is 42.9 Å². The average molecular weight is 659 g/mol. The summed E-state index contributed by atoms with van der Waals surface area (Å²) in [7, 11) is 0. The van der Waals surface area contributed by atoms with Gasteiger partial charge in [-0.15, -0.1) is 0 Å². The number of nitro benzene ring substituents is 1. The first-order valence-electron chi connectivity index (χ1n) is 15.3. The zero-order chi connectivity index (χ0) is 33.5. The van der Waals surface area contributed by atoms with Gasteiger partial charge in [0.1, 0.15) is 11.2 Å². The van der Waals surface area contributed by atoms with Crippen molar-refractivity contribution in [1.29, 1.82) is 0 Å². The molecule has 2 aromatic carbocycles. The summed E-state index contributed by atoms with van der Waals surface area (Å²) < 4.78 is 34.4. The minimum absolute atomic E-state index is 0. The average Bonchev–Trinajstić information content (AvgIpc) is 3.48. The van der Waals surface area contributed by atoms with Crippen LogP contribution in [-0.2, 0) is 9.47 Å². The second kappa shape index (κ2) is 12.9. The van der Waals surface area contributed by atoms with Crippen molar-refractivity contribution in [1.82, 2.24) is 9.80 Å². The predicted molar refractivity (Wildman–Crippen MR) is 173 cm³/mol. The van der Waals surface area contributed by atoms with Crippen molar-refractivity contribution in [2.24, 2.45) is 0 Å². The summed E-state index contributed by atoms with van der Waals surface area (Å²) in [4.78, 5) is 37.9. The van der Waals surface area contributed by atoms with Crippen molar-refractivity contribution in [3.8, 4) is 23.0 Å². The number of non-ortho nitro benzene ring substituents is 1. The van der Waals surface area contributed by atoms with E-state index in [1.807, 2.05) is 47.6 Å². The van der Waals surface area contributed by atoms with Gasteiger partial charge >= 0.3 is 12.2 Å². The van der Waals surface area contributed by atoms with E-state index in [1.54, 1.807) is 28.0 Å². The molecule has 14 heteroatoms. The first kappa shape index (κ1) is 35.2. The maximum atomic E-state index is 12.1. The maximum Gasteiger partial charge on any atom is 0.410 e. The third-order valence-electron chi connectivity index (χ3n) is 7.64. The zero-order valence-corrected chi connectivity index (χ0v) is 27.1. The molecule has 4 aliphatic rings. The van der Waals surface area contributed by atoms with E-state index in [0.717, 1.165) is 0 Å². The molecule has 2 amide bonds. The van der Waals surface area contributed by atoms with E-state index in [0.29, 0.717) is 80.5 Å². The Labute approximate surface area is 275 Å². The lowest BCUT2D eigenvalue weighted by Crippen LogP contribution is -2.52. The number of fused-ring (bicyclic) bond motifs is 2. The Morgan fingerprint density at radius 3 is 1.51 bits per heavy atom. The number of nitrogens with two attached hydrogens (primary N) is 1. The molecule has 0 radical (unpaired) electrons. The molecule has 258 valence electrons. The highest BCUT2D eigenvalue weighted by molar-refractivity contribution is 5.69. The van der Waals surface area contributed by atoms with Crippen LogP contribution in [-0.4, -0.2) is 75.9 Å². The van der Waals surface area contributed by atoms with E-state index in [4.69, 9.17) is 34.2 Å². The minimum Gasteiger partial charge on any atom is -0.448 e. The van der Waals surface area contributed by atoms with Crippen LogP contribution in [0.1, 0.15) is 74.7 Å². The number of benzene rings is 2. The summed E-state index contributed by atoms with van der Waals surface area (Å²) in [5.41, 5.74) is 5.34. The van der Waals surface area contributed by atoms with Crippen LogP contribution in [0, 0.1) is 10.1 Å². The van der Waals surface area contributed by atoms with Gasteiger partial charge in [0, 0.05) is 69.7 Å². The lowest BCUT2D eigenvalue weighted by Gasteiger charge is -2.37. The van der Waals surface area contributed by atoms with E-state index in [9.17, 15) is 19.7 Å². The highest BCUT2D eigenvalue weighted by Gasteiger charge is 2.47. The molecule has 2 fully saturated rings. The first-order valence-corrected chi connectivity index (χ1v) is 15.3. The molecule has 2 aromatic rings. The maximum absolute atomic E-state index is 12.1. The molecule has 4 heterocycles. The van der Waals surface area contributed by atoms with Gasteiger partial charge in [-0.25, -0.2) is 9.59 Å². The van der Waals surface area contributed by atoms with E-state index < -0.39 is 27.7 Å².